The molecule has 0 bridgehead atoms. The van der Waals surface area contributed by atoms with Gasteiger partial charge in [0.25, 0.3) is 6.43 Å². The molecule has 2 aromatic rings. The van der Waals surface area contributed by atoms with Crippen molar-refractivity contribution in [3.05, 3.63) is 58.7 Å². The average molecular weight is 493 g/mol. The van der Waals surface area contributed by atoms with Gasteiger partial charge in [0.15, 0.2) is 0 Å². The van der Waals surface area contributed by atoms with Crippen LogP contribution in [0.25, 0.3) is 0 Å². The van der Waals surface area contributed by atoms with Crippen LogP contribution in [0.3, 0.4) is 0 Å². The molecule has 1 aliphatic carbocycles. The molecule has 2 heterocycles. The van der Waals surface area contributed by atoms with E-state index < -0.39 is 30.6 Å². The second-order valence-corrected chi connectivity index (χ2v) is 10.6. The van der Waals surface area contributed by atoms with Gasteiger partial charge in [0.05, 0.1) is 19.2 Å². The van der Waals surface area contributed by atoms with Gasteiger partial charge in [0, 0.05) is 37.3 Å². The maximum atomic E-state index is 15.3. The van der Waals surface area contributed by atoms with Gasteiger partial charge in [0.2, 0.25) is 0 Å². The standard InChI is InChI=1S/C27H32F4N2O2/c1-32-15-27(16-32)7-4-17(5-8-27)14-35-20-11-22(28)25(23(29)12-20)26-21-3-2-19(34)10-18(21)6-9-33(26)13-24(30)31/h2-3,10-12,17,24,26,34H,4-9,13-16H2,1H3. The van der Waals surface area contributed by atoms with Crippen LogP contribution in [0, 0.1) is 23.0 Å². The van der Waals surface area contributed by atoms with Crippen LogP contribution in [0.5, 0.6) is 11.5 Å². The molecule has 0 radical (unpaired) electrons. The van der Waals surface area contributed by atoms with Crippen LogP contribution in [0.4, 0.5) is 17.6 Å². The minimum absolute atomic E-state index is 0.0347. The maximum absolute atomic E-state index is 15.3. The number of likely N-dealkylation sites (tertiary alicyclic amines) is 1. The highest BCUT2D eigenvalue weighted by Crippen LogP contribution is 2.45. The molecule has 3 aliphatic rings. The molecular formula is C27H32F4N2O2. The summed E-state index contributed by atoms with van der Waals surface area (Å²) in [6.45, 7) is 2.31. The summed E-state index contributed by atoms with van der Waals surface area (Å²) in [5, 5.41) is 9.83. The molecule has 1 unspecified atom stereocenters. The number of nitrogens with zero attached hydrogens (tertiary/aromatic N) is 2. The van der Waals surface area contributed by atoms with Crippen LogP contribution >= 0.6 is 0 Å². The predicted molar refractivity (Wildman–Crippen MR) is 125 cm³/mol. The Bertz CT molecular complexity index is 1040. The summed E-state index contributed by atoms with van der Waals surface area (Å²) in [7, 11) is 2.13. The summed E-state index contributed by atoms with van der Waals surface area (Å²) in [6, 6.07) is 5.84. The Morgan fingerprint density at radius 1 is 1.09 bits per heavy atom. The summed E-state index contributed by atoms with van der Waals surface area (Å²) >= 11 is 0. The molecule has 8 heteroatoms. The molecule has 0 amide bonds. The quantitative estimate of drug-likeness (QED) is 0.549. The number of benzene rings is 2. The highest BCUT2D eigenvalue weighted by Gasteiger charge is 2.43. The Kier molecular flexibility index (Phi) is 6.70. The fourth-order valence-corrected chi connectivity index (χ4v) is 6.37. The number of fused-ring (bicyclic) bond motifs is 1. The molecule has 2 fully saturated rings. The van der Waals surface area contributed by atoms with Crippen molar-refractivity contribution in [2.24, 2.45) is 11.3 Å². The lowest BCUT2D eigenvalue weighted by molar-refractivity contribution is -0.0258. The van der Waals surface area contributed by atoms with Gasteiger partial charge in [-0.3, -0.25) is 4.90 Å². The zero-order valence-electron chi connectivity index (χ0n) is 20.0. The summed E-state index contributed by atoms with van der Waals surface area (Å²) in [4.78, 5) is 3.74. The molecular weight excluding hydrogens is 460 g/mol. The molecule has 35 heavy (non-hydrogen) atoms. The van der Waals surface area contributed by atoms with E-state index in [-0.39, 0.29) is 23.6 Å². The highest BCUT2D eigenvalue weighted by atomic mass is 19.3. The first-order valence-electron chi connectivity index (χ1n) is 12.4. The molecule has 1 saturated carbocycles. The Hall–Kier alpha value is -2.32. The summed E-state index contributed by atoms with van der Waals surface area (Å²) < 4.78 is 63.1. The SMILES string of the molecule is CN1CC2(CCC(COc3cc(F)c(C4c5ccc(O)cc5CCN4CC(F)F)c(F)c3)CC2)C1. The zero-order valence-corrected chi connectivity index (χ0v) is 20.0. The lowest BCUT2D eigenvalue weighted by Crippen LogP contribution is -2.55. The predicted octanol–water partition coefficient (Wildman–Crippen LogP) is 5.38. The number of hydrogen-bond donors (Lipinski definition) is 1. The Labute approximate surface area is 203 Å². The largest absolute Gasteiger partial charge is 0.508 e. The number of alkyl halides is 2. The lowest BCUT2D eigenvalue weighted by Gasteiger charge is -2.52. The number of aromatic hydroxyl groups is 1. The molecule has 2 aromatic carbocycles. The zero-order chi connectivity index (χ0) is 24.7. The second kappa shape index (κ2) is 9.62. The summed E-state index contributed by atoms with van der Waals surface area (Å²) in [5.74, 6) is -1.12. The van der Waals surface area contributed by atoms with E-state index in [0.717, 1.165) is 38.8 Å². The van der Waals surface area contributed by atoms with E-state index >= 15 is 8.78 Å². The smallest absolute Gasteiger partial charge is 0.251 e. The van der Waals surface area contributed by atoms with E-state index in [1.807, 2.05) is 0 Å². The van der Waals surface area contributed by atoms with Crippen molar-refractivity contribution < 1.29 is 27.4 Å². The van der Waals surface area contributed by atoms with E-state index in [1.54, 1.807) is 6.07 Å². The number of halogens is 4. The first-order chi connectivity index (χ1) is 16.7. The van der Waals surface area contributed by atoms with E-state index in [9.17, 15) is 13.9 Å². The van der Waals surface area contributed by atoms with Crippen molar-refractivity contribution in [1.82, 2.24) is 9.80 Å². The number of ether oxygens (including phenoxy) is 1. The third-order valence-electron chi connectivity index (χ3n) is 8.02. The van der Waals surface area contributed by atoms with Crippen LogP contribution in [0.2, 0.25) is 0 Å². The van der Waals surface area contributed by atoms with Crippen LogP contribution in [0.1, 0.15) is 48.4 Å². The van der Waals surface area contributed by atoms with Crippen molar-refractivity contribution in [1.29, 1.82) is 0 Å². The van der Waals surface area contributed by atoms with Gasteiger partial charge in [-0.1, -0.05) is 6.07 Å². The molecule has 5 rings (SSSR count). The number of phenols is 1. The topological polar surface area (TPSA) is 35.9 Å². The van der Waals surface area contributed by atoms with Gasteiger partial charge in [0.1, 0.15) is 23.1 Å². The lowest BCUT2D eigenvalue weighted by atomic mass is 9.66. The van der Waals surface area contributed by atoms with Crippen LogP contribution in [-0.2, 0) is 6.42 Å². The molecule has 1 N–H and O–H groups in total. The highest BCUT2D eigenvalue weighted by molar-refractivity contribution is 5.45. The normalized spacial score (nSPS) is 22.9. The van der Waals surface area contributed by atoms with Crippen molar-refractivity contribution in [3.8, 4) is 11.5 Å². The van der Waals surface area contributed by atoms with Crippen LogP contribution in [-0.4, -0.2) is 61.2 Å². The molecule has 1 saturated heterocycles. The molecule has 1 spiro atoms. The average Bonchev–Trinajstić information content (AvgIpc) is 2.78. The minimum Gasteiger partial charge on any atom is -0.508 e. The molecule has 190 valence electrons. The molecule has 0 aromatic heterocycles. The van der Waals surface area contributed by atoms with E-state index in [2.05, 4.69) is 11.9 Å². The van der Waals surface area contributed by atoms with Crippen molar-refractivity contribution in [2.75, 3.05) is 39.8 Å². The van der Waals surface area contributed by atoms with Crippen LogP contribution < -0.4 is 4.74 Å². The van der Waals surface area contributed by atoms with Gasteiger partial charge < -0.3 is 14.7 Å². The van der Waals surface area contributed by atoms with Crippen LogP contribution in [0.15, 0.2) is 30.3 Å². The monoisotopic (exact) mass is 492 g/mol. The van der Waals surface area contributed by atoms with Gasteiger partial charge in [-0.2, -0.15) is 0 Å². The maximum Gasteiger partial charge on any atom is 0.251 e. The van der Waals surface area contributed by atoms with Crippen molar-refractivity contribution in [3.63, 3.8) is 0 Å². The van der Waals surface area contributed by atoms with E-state index in [1.165, 1.54) is 29.2 Å². The van der Waals surface area contributed by atoms with Crippen molar-refractivity contribution >= 4 is 0 Å². The molecule has 2 aliphatic heterocycles. The third-order valence-corrected chi connectivity index (χ3v) is 8.02. The fraction of sp³-hybridized carbons (Fsp3) is 0.556. The van der Waals surface area contributed by atoms with E-state index in [0.29, 0.717) is 35.5 Å². The van der Waals surface area contributed by atoms with Gasteiger partial charge in [-0.15, -0.1) is 0 Å². The minimum atomic E-state index is -2.64. The molecule has 4 nitrogen and oxygen atoms in total. The Morgan fingerprint density at radius 2 is 1.77 bits per heavy atom. The molecule has 1 atom stereocenters. The van der Waals surface area contributed by atoms with E-state index in [4.69, 9.17) is 4.74 Å². The number of rotatable bonds is 6. The number of hydrogen-bond acceptors (Lipinski definition) is 4. The first-order valence-corrected chi connectivity index (χ1v) is 12.4. The van der Waals surface area contributed by atoms with Crippen molar-refractivity contribution in [2.45, 2.75) is 44.6 Å². The van der Waals surface area contributed by atoms with Gasteiger partial charge in [-0.05, 0) is 73.7 Å². The Balaban J connectivity index is 1.33. The third kappa shape index (κ3) is 5.00. The van der Waals surface area contributed by atoms with Gasteiger partial charge >= 0.3 is 0 Å². The summed E-state index contributed by atoms with van der Waals surface area (Å²) in [6.07, 6.45) is 2.18. The first kappa shape index (κ1) is 24.4. The second-order valence-electron chi connectivity index (χ2n) is 10.6. The Morgan fingerprint density at radius 3 is 2.40 bits per heavy atom. The number of phenolic OH excluding ortho intramolecular Hbond substituents is 1. The van der Waals surface area contributed by atoms with Gasteiger partial charge in [-0.25, -0.2) is 17.6 Å². The fourth-order valence-electron chi connectivity index (χ4n) is 6.37. The summed E-state index contributed by atoms with van der Waals surface area (Å²) in [5.41, 5.74) is 1.41.